The highest BCUT2D eigenvalue weighted by Crippen LogP contribution is 2.36. The van der Waals surface area contributed by atoms with Crippen LogP contribution < -0.4 is 5.73 Å². The van der Waals surface area contributed by atoms with Crippen molar-refractivity contribution in [1.82, 2.24) is 34.7 Å². The van der Waals surface area contributed by atoms with Crippen LogP contribution in [0.1, 0.15) is 5.82 Å². The number of aromatic nitrogens is 7. The summed E-state index contributed by atoms with van der Waals surface area (Å²) in [4.78, 5) is 17.9. The lowest BCUT2D eigenvalue weighted by Crippen LogP contribution is -1.99. The van der Waals surface area contributed by atoms with Crippen molar-refractivity contribution < 1.29 is 0 Å². The van der Waals surface area contributed by atoms with E-state index in [9.17, 15) is 0 Å². The van der Waals surface area contributed by atoms with Gasteiger partial charge in [0.05, 0.1) is 21.7 Å². The van der Waals surface area contributed by atoms with E-state index in [0.717, 1.165) is 50.1 Å². The second kappa shape index (κ2) is 7.39. The number of aryl methyl sites for hydroxylation is 1. The number of imidazole rings is 1. The molecule has 6 aromatic rings. The first kappa shape index (κ1) is 19.4. The lowest BCUT2D eigenvalue weighted by atomic mass is 10.0. The van der Waals surface area contributed by atoms with Crippen molar-refractivity contribution >= 4 is 39.4 Å². The number of H-pyrrole nitrogens is 1. The predicted octanol–water partition coefficient (Wildman–Crippen LogP) is 4.96. The van der Waals surface area contributed by atoms with Gasteiger partial charge in [0.2, 0.25) is 0 Å². The molecule has 0 aliphatic rings. The maximum atomic E-state index is 6.44. The average Bonchev–Trinajstić information content (AvgIpc) is 3.46. The quantitative estimate of drug-likeness (QED) is 0.392. The van der Waals surface area contributed by atoms with Crippen molar-refractivity contribution in [3.05, 3.63) is 78.1 Å². The average molecular weight is 453 g/mol. The van der Waals surface area contributed by atoms with Crippen molar-refractivity contribution in [1.29, 1.82) is 0 Å². The van der Waals surface area contributed by atoms with Gasteiger partial charge in [-0.05, 0) is 54.4 Å². The first-order valence-electron chi connectivity index (χ1n) is 10.2. The van der Waals surface area contributed by atoms with Crippen molar-refractivity contribution in [2.24, 2.45) is 0 Å². The molecule has 0 fully saturated rings. The largest absolute Gasteiger partial charge is 0.384 e. The number of anilines is 1. The molecule has 160 valence electrons. The van der Waals surface area contributed by atoms with Crippen LogP contribution in [0.25, 0.3) is 50.1 Å². The van der Waals surface area contributed by atoms with E-state index in [4.69, 9.17) is 22.3 Å². The summed E-state index contributed by atoms with van der Waals surface area (Å²) in [7, 11) is 0. The Kier molecular flexibility index (Phi) is 4.34. The van der Waals surface area contributed by atoms with Gasteiger partial charge in [-0.25, -0.2) is 15.0 Å². The summed E-state index contributed by atoms with van der Waals surface area (Å²) in [5, 5.41) is 8.54. The number of hydrogen-bond donors (Lipinski definition) is 2. The minimum absolute atomic E-state index is 0.452. The molecular weight excluding hydrogens is 436 g/mol. The van der Waals surface area contributed by atoms with E-state index < -0.39 is 0 Å². The molecule has 0 bridgehead atoms. The molecule has 33 heavy (non-hydrogen) atoms. The molecule has 0 amide bonds. The zero-order valence-electron chi connectivity index (χ0n) is 17.5. The van der Waals surface area contributed by atoms with E-state index in [1.165, 1.54) is 6.33 Å². The Bertz CT molecular complexity index is 1650. The van der Waals surface area contributed by atoms with Gasteiger partial charge in [-0.1, -0.05) is 23.7 Å². The Morgan fingerprint density at radius 1 is 0.939 bits per heavy atom. The van der Waals surface area contributed by atoms with Crippen molar-refractivity contribution in [3.8, 4) is 28.2 Å². The third kappa shape index (κ3) is 3.11. The van der Waals surface area contributed by atoms with Gasteiger partial charge in [0, 0.05) is 23.3 Å². The summed E-state index contributed by atoms with van der Waals surface area (Å²) in [5.74, 6) is 1.91. The molecule has 0 saturated carbocycles. The second-order valence-electron chi connectivity index (χ2n) is 7.66. The zero-order chi connectivity index (χ0) is 22.5. The van der Waals surface area contributed by atoms with Gasteiger partial charge < -0.3 is 5.73 Å². The number of hydrogen-bond acceptors (Lipinski definition) is 6. The minimum atomic E-state index is 0.452. The lowest BCUT2D eigenvalue weighted by Gasteiger charge is -2.12. The molecule has 0 aliphatic heterocycles. The molecular formula is C24H17ClN8. The monoisotopic (exact) mass is 452 g/mol. The van der Waals surface area contributed by atoms with E-state index in [1.807, 2.05) is 49.4 Å². The van der Waals surface area contributed by atoms with Crippen LogP contribution in [0.4, 0.5) is 5.82 Å². The van der Waals surface area contributed by atoms with E-state index in [2.05, 4.69) is 35.8 Å². The number of rotatable bonds is 3. The Balaban J connectivity index is 1.72. The first-order chi connectivity index (χ1) is 16.1. The maximum Gasteiger partial charge on any atom is 0.157 e. The fraction of sp³-hybridized carbons (Fsp3) is 0.0417. The fourth-order valence-electron chi connectivity index (χ4n) is 4.23. The van der Waals surface area contributed by atoms with Gasteiger partial charge in [0.15, 0.2) is 5.82 Å². The number of nitrogens with zero attached hydrogens (tertiary/aromatic N) is 6. The van der Waals surface area contributed by atoms with Gasteiger partial charge in [-0.15, -0.1) is 0 Å². The first-order valence-corrected chi connectivity index (χ1v) is 10.6. The summed E-state index contributed by atoms with van der Waals surface area (Å²) in [6, 6.07) is 15.7. The SMILES string of the molecule is Cc1nc2c(-c3ncn[nH]3)cc(-c3ccnc(N)c3)cc2n1-c1ccnc2c(Cl)cccc12. The van der Waals surface area contributed by atoms with Crippen molar-refractivity contribution in [2.75, 3.05) is 5.73 Å². The lowest BCUT2D eigenvalue weighted by molar-refractivity contribution is 1.01. The number of aromatic amines is 1. The Hall–Kier alpha value is -4.30. The van der Waals surface area contributed by atoms with Crippen LogP contribution in [-0.2, 0) is 0 Å². The zero-order valence-corrected chi connectivity index (χ0v) is 18.2. The highest BCUT2D eigenvalue weighted by atomic mass is 35.5. The van der Waals surface area contributed by atoms with Crippen LogP contribution >= 0.6 is 11.6 Å². The molecule has 9 heteroatoms. The van der Waals surface area contributed by atoms with Gasteiger partial charge in [-0.3, -0.25) is 14.6 Å². The number of halogens is 1. The molecule has 0 saturated heterocycles. The molecule has 4 aromatic heterocycles. The normalized spacial score (nSPS) is 11.5. The van der Waals surface area contributed by atoms with Gasteiger partial charge >= 0.3 is 0 Å². The third-order valence-corrected chi connectivity index (χ3v) is 5.96. The van der Waals surface area contributed by atoms with Crippen molar-refractivity contribution in [2.45, 2.75) is 6.92 Å². The highest BCUT2D eigenvalue weighted by molar-refractivity contribution is 6.35. The Morgan fingerprint density at radius 3 is 2.64 bits per heavy atom. The molecule has 8 nitrogen and oxygen atoms in total. The molecule has 0 radical (unpaired) electrons. The standard InChI is InChI=1S/C24H17ClN8/c1-13-31-23-17(24-29-12-30-32-24)9-15(14-5-7-27-21(26)11-14)10-20(23)33(13)19-6-8-28-22-16(19)3-2-4-18(22)25/h2-12H,1H3,(H2,26,27)(H,29,30,32). The molecule has 0 atom stereocenters. The number of nitrogens with one attached hydrogen (secondary N) is 1. The van der Waals surface area contributed by atoms with Gasteiger partial charge in [-0.2, -0.15) is 5.10 Å². The van der Waals surface area contributed by atoms with Crippen LogP contribution in [0.3, 0.4) is 0 Å². The van der Waals surface area contributed by atoms with E-state index in [-0.39, 0.29) is 0 Å². The maximum absolute atomic E-state index is 6.44. The molecule has 0 unspecified atom stereocenters. The van der Waals surface area contributed by atoms with Crippen LogP contribution in [-0.4, -0.2) is 34.7 Å². The minimum Gasteiger partial charge on any atom is -0.384 e. The third-order valence-electron chi connectivity index (χ3n) is 5.65. The van der Waals surface area contributed by atoms with E-state index >= 15 is 0 Å². The number of nitrogens with two attached hydrogens (primary N) is 1. The smallest absolute Gasteiger partial charge is 0.157 e. The van der Waals surface area contributed by atoms with Crippen LogP contribution in [0.15, 0.2) is 67.3 Å². The number of fused-ring (bicyclic) bond motifs is 2. The molecule has 4 heterocycles. The topological polar surface area (TPSA) is 111 Å². The Labute approximate surface area is 193 Å². The summed E-state index contributed by atoms with van der Waals surface area (Å²) in [5.41, 5.74) is 12.1. The predicted molar refractivity (Wildman–Crippen MR) is 129 cm³/mol. The van der Waals surface area contributed by atoms with Crippen molar-refractivity contribution in [3.63, 3.8) is 0 Å². The van der Waals surface area contributed by atoms with Gasteiger partial charge in [0.25, 0.3) is 0 Å². The van der Waals surface area contributed by atoms with Crippen LogP contribution in [0.5, 0.6) is 0 Å². The highest BCUT2D eigenvalue weighted by Gasteiger charge is 2.19. The number of benzene rings is 2. The summed E-state index contributed by atoms with van der Waals surface area (Å²) >= 11 is 6.44. The van der Waals surface area contributed by atoms with E-state index in [0.29, 0.717) is 16.7 Å². The number of para-hydroxylation sites is 1. The molecule has 6 rings (SSSR count). The summed E-state index contributed by atoms with van der Waals surface area (Å²) in [6.45, 7) is 1.98. The Morgan fingerprint density at radius 2 is 1.82 bits per heavy atom. The summed E-state index contributed by atoms with van der Waals surface area (Å²) in [6.07, 6.45) is 4.95. The van der Waals surface area contributed by atoms with E-state index in [1.54, 1.807) is 12.4 Å². The van der Waals surface area contributed by atoms with Gasteiger partial charge in [0.1, 0.15) is 23.5 Å². The van der Waals surface area contributed by atoms with Crippen LogP contribution in [0.2, 0.25) is 5.02 Å². The second-order valence-corrected chi connectivity index (χ2v) is 8.06. The summed E-state index contributed by atoms with van der Waals surface area (Å²) < 4.78 is 2.11. The number of pyridine rings is 2. The molecule has 0 aliphatic carbocycles. The molecule has 3 N–H and O–H groups in total. The fourth-order valence-corrected chi connectivity index (χ4v) is 4.45. The molecule has 2 aromatic carbocycles. The van der Waals surface area contributed by atoms with Crippen LogP contribution in [0, 0.1) is 6.92 Å². The molecule has 0 spiro atoms. The number of nitrogen functional groups attached to an aromatic ring is 1.